The van der Waals surface area contributed by atoms with Crippen LogP contribution in [-0.4, -0.2) is 0 Å². The van der Waals surface area contributed by atoms with Gasteiger partial charge >= 0.3 is 22.7 Å². The lowest BCUT2D eigenvalue weighted by Gasteiger charge is -2.25. The number of para-hydroxylation sites is 4. The number of benzene rings is 9. The van der Waals surface area contributed by atoms with E-state index in [-0.39, 0.29) is 0 Å². The Morgan fingerprint density at radius 3 is 0.817 bits per heavy atom. The molecule has 0 saturated carbocycles. The van der Waals surface area contributed by atoms with Gasteiger partial charge in [0.15, 0.2) is 0 Å². The minimum atomic E-state index is 0.822. The van der Waals surface area contributed by atoms with Crippen molar-refractivity contribution in [1.82, 2.24) is 0 Å². The summed E-state index contributed by atoms with van der Waals surface area (Å²) in [6.07, 6.45) is 0. The normalized spacial score (nSPS) is 11.3. The average Bonchev–Trinajstić information content (AvgIpc) is 3.33. The van der Waals surface area contributed by atoms with Gasteiger partial charge in [-0.15, -0.1) is 0 Å². The maximum absolute atomic E-state index is 6.60. The first-order valence-electron chi connectivity index (χ1n) is 20.2. The molecule has 0 amide bonds. The van der Waals surface area contributed by atoms with Crippen molar-refractivity contribution in [1.29, 1.82) is 0 Å². The van der Waals surface area contributed by atoms with E-state index in [1.54, 1.807) is 0 Å². The number of nitrogens with zero attached hydrogens (tertiary/aromatic N) is 2. The van der Waals surface area contributed by atoms with E-state index in [0.29, 0.717) is 0 Å². The van der Waals surface area contributed by atoms with Gasteiger partial charge in [-0.05, 0) is 143 Å². The molecule has 2 heterocycles. The van der Waals surface area contributed by atoms with Crippen molar-refractivity contribution in [2.75, 3.05) is 9.80 Å². The molecule has 4 nitrogen and oxygen atoms in total. The number of rotatable bonds is 8. The molecule has 0 aliphatic heterocycles. The van der Waals surface area contributed by atoms with Crippen LogP contribution in [0.3, 0.4) is 0 Å². The molecule has 11 aromatic rings. The molecule has 4 heteroatoms. The van der Waals surface area contributed by atoms with Crippen LogP contribution in [0.4, 0.5) is 34.1 Å². The Morgan fingerprint density at radius 1 is 0.217 bits per heavy atom. The van der Waals surface area contributed by atoms with Gasteiger partial charge in [-0.1, -0.05) is 84.9 Å². The van der Waals surface area contributed by atoms with Crippen LogP contribution in [0.5, 0.6) is 0 Å². The second kappa shape index (κ2) is 15.0. The molecule has 0 fully saturated rings. The van der Waals surface area contributed by atoms with Gasteiger partial charge in [0, 0.05) is 58.4 Å². The Hall–Kier alpha value is -8.08. The standard InChI is InChI=1S/C56H38N2O2/c1-5-13-41(14-6-1)57(42-15-7-2-8-16-42)45-25-21-39(22-26-45)53-35-33-51-49-29-30-50-48(47(49)31-37-55(51)59-53)32-38-56-52(50)34-36-54(60-56)40-23-27-46(28-24-40)58(43-17-9-3-10-18-43)44-19-11-4-12-20-44/h1-38H/q+2. The molecular weight excluding hydrogens is 733 g/mol. The van der Waals surface area contributed by atoms with Crippen molar-refractivity contribution < 1.29 is 8.83 Å². The molecule has 0 bridgehead atoms. The van der Waals surface area contributed by atoms with E-state index in [9.17, 15) is 0 Å². The fourth-order valence-electron chi connectivity index (χ4n) is 8.44. The summed E-state index contributed by atoms with van der Waals surface area (Å²) < 4.78 is 13.2. The van der Waals surface area contributed by atoms with Crippen molar-refractivity contribution in [3.05, 3.63) is 231 Å². The highest BCUT2D eigenvalue weighted by Crippen LogP contribution is 2.40. The molecule has 11 rings (SSSR count). The SMILES string of the molecule is c1ccc(N(c2ccccc2)c2ccc(-c3ccc4c(ccc5c4ccc4c6ccc(-c7ccc(N(c8ccccc8)c8ccccc8)cc7)[o+]c6ccc45)[o+]3)cc2)cc1. The molecule has 0 aliphatic carbocycles. The number of anilines is 6. The van der Waals surface area contributed by atoms with E-state index in [1.807, 2.05) is 24.3 Å². The molecule has 0 unspecified atom stereocenters. The molecule has 0 spiro atoms. The van der Waals surface area contributed by atoms with Crippen molar-refractivity contribution in [2.24, 2.45) is 0 Å². The first kappa shape index (κ1) is 35.1. The van der Waals surface area contributed by atoms with Crippen LogP contribution in [0.15, 0.2) is 239 Å². The highest BCUT2D eigenvalue weighted by molar-refractivity contribution is 6.21. The zero-order valence-corrected chi connectivity index (χ0v) is 32.7. The number of hydrogen-bond acceptors (Lipinski definition) is 2. The van der Waals surface area contributed by atoms with Crippen LogP contribution in [0.2, 0.25) is 0 Å². The summed E-state index contributed by atoms with van der Waals surface area (Å²) in [5.74, 6) is 1.64. The van der Waals surface area contributed by atoms with E-state index in [2.05, 4.69) is 216 Å². The summed E-state index contributed by atoms with van der Waals surface area (Å²) in [4.78, 5) is 4.53. The Bertz CT molecular complexity index is 2980. The zero-order valence-electron chi connectivity index (χ0n) is 32.7. The molecule has 2 aromatic heterocycles. The molecular formula is C56H38N2O2+2. The summed E-state index contributed by atoms with van der Waals surface area (Å²) in [5.41, 5.74) is 10.3. The molecule has 0 radical (unpaired) electrons. The van der Waals surface area contributed by atoms with Gasteiger partial charge in [-0.25, -0.2) is 8.83 Å². The van der Waals surface area contributed by atoms with Crippen molar-refractivity contribution in [3.8, 4) is 22.6 Å². The van der Waals surface area contributed by atoms with Gasteiger partial charge in [0.05, 0.1) is 21.9 Å². The predicted octanol–water partition coefficient (Wildman–Crippen LogP) is 16.3. The summed E-state index contributed by atoms with van der Waals surface area (Å²) >= 11 is 0. The Kier molecular flexibility index (Phi) is 8.79. The smallest absolute Gasteiger partial charge is 0.311 e. The van der Waals surface area contributed by atoms with Gasteiger partial charge < -0.3 is 9.80 Å². The van der Waals surface area contributed by atoms with E-state index < -0.39 is 0 Å². The highest BCUT2D eigenvalue weighted by atomic mass is 16.3. The molecule has 0 N–H and O–H groups in total. The second-order valence-corrected chi connectivity index (χ2v) is 14.9. The predicted molar refractivity (Wildman–Crippen MR) is 250 cm³/mol. The van der Waals surface area contributed by atoms with Gasteiger partial charge in [-0.3, -0.25) is 0 Å². The minimum Gasteiger partial charge on any atom is -0.311 e. The van der Waals surface area contributed by atoms with Gasteiger partial charge in [0.2, 0.25) is 0 Å². The summed E-state index contributed by atoms with van der Waals surface area (Å²) in [6, 6.07) is 80.5. The minimum absolute atomic E-state index is 0.822. The van der Waals surface area contributed by atoms with Crippen LogP contribution < -0.4 is 9.80 Å². The van der Waals surface area contributed by atoms with Crippen LogP contribution in [0, 0.1) is 0 Å². The van der Waals surface area contributed by atoms with Gasteiger partial charge in [-0.2, -0.15) is 0 Å². The van der Waals surface area contributed by atoms with E-state index in [1.165, 1.54) is 10.8 Å². The quantitative estimate of drug-likeness (QED) is 0.114. The molecule has 0 saturated heterocycles. The third kappa shape index (κ3) is 6.37. The van der Waals surface area contributed by atoms with Crippen LogP contribution in [0.25, 0.3) is 66.1 Å². The maximum Gasteiger partial charge on any atom is 0.361 e. The van der Waals surface area contributed by atoms with E-state index in [0.717, 1.165) is 89.5 Å². The first-order chi connectivity index (χ1) is 29.7. The van der Waals surface area contributed by atoms with Crippen LogP contribution in [-0.2, 0) is 0 Å². The van der Waals surface area contributed by atoms with Crippen LogP contribution in [0.1, 0.15) is 0 Å². The summed E-state index contributed by atoms with van der Waals surface area (Å²) in [5, 5.41) is 6.82. The van der Waals surface area contributed by atoms with Gasteiger partial charge in [0.1, 0.15) is 0 Å². The Labute approximate surface area is 348 Å². The fourth-order valence-corrected chi connectivity index (χ4v) is 8.44. The molecule has 60 heavy (non-hydrogen) atoms. The number of hydrogen-bond donors (Lipinski definition) is 0. The number of fused-ring (bicyclic) bond motifs is 7. The lowest BCUT2D eigenvalue weighted by molar-refractivity contribution is 0.620. The second-order valence-electron chi connectivity index (χ2n) is 14.9. The third-order valence-corrected chi connectivity index (χ3v) is 11.3. The lowest BCUT2D eigenvalue weighted by atomic mass is 9.96. The Balaban J connectivity index is 0.891. The molecule has 9 aromatic carbocycles. The summed E-state index contributed by atoms with van der Waals surface area (Å²) in [7, 11) is 0. The lowest BCUT2D eigenvalue weighted by Crippen LogP contribution is -2.09. The highest BCUT2D eigenvalue weighted by Gasteiger charge is 2.22. The largest absolute Gasteiger partial charge is 0.361 e. The summed E-state index contributed by atoms with van der Waals surface area (Å²) in [6.45, 7) is 0. The van der Waals surface area contributed by atoms with Crippen molar-refractivity contribution >= 4 is 77.6 Å². The average molecular weight is 771 g/mol. The van der Waals surface area contributed by atoms with Crippen LogP contribution >= 0.6 is 0 Å². The van der Waals surface area contributed by atoms with Crippen molar-refractivity contribution in [3.63, 3.8) is 0 Å². The van der Waals surface area contributed by atoms with E-state index in [4.69, 9.17) is 8.83 Å². The Morgan fingerprint density at radius 2 is 0.483 bits per heavy atom. The van der Waals surface area contributed by atoms with E-state index >= 15 is 0 Å². The first-order valence-corrected chi connectivity index (χ1v) is 20.2. The molecule has 0 aliphatic rings. The van der Waals surface area contributed by atoms with Gasteiger partial charge in [0.25, 0.3) is 0 Å². The maximum atomic E-state index is 6.60. The fraction of sp³-hybridized carbons (Fsp3) is 0. The topological polar surface area (TPSA) is 29.1 Å². The molecule has 0 atom stereocenters. The third-order valence-electron chi connectivity index (χ3n) is 11.3. The zero-order chi connectivity index (χ0) is 39.8. The molecule has 282 valence electrons. The van der Waals surface area contributed by atoms with Crippen molar-refractivity contribution in [2.45, 2.75) is 0 Å². The monoisotopic (exact) mass is 770 g/mol.